The van der Waals surface area contributed by atoms with E-state index in [4.69, 9.17) is 0 Å². The zero-order valence-electron chi connectivity index (χ0n) is 11.1. The van der Waals surface area contributed by atoms with Crippen molar-refractivity contribution in [3.05, 3.63) is 0 Å². The summed E-state index contributed by atoms with van der Waals surface area (Å²) in [5.41, 5.74) is -1.15. The lowest BCUT2D eigenvalue weighted by Crippen LogP contribution is -2.51. The lowest BCUT2D eigenvalue weighted by atomic mass is 9.89. The van der Waals surface area contributed by atoms with Crippen molar-refractivity contribution in [1.29, 1.82) is 0 Å². The van der Waals surface area contributed by atoms with E-state index in [-0.39, 0.29) is 6.42 Å². The van der Waals surface area contributed by atoms with Crippen LogP contribution in [0.2, 0.25) is 0 Å². The Labute approximate surface area is 98.5 Å². The van der Waals surface area contributed by atoms with Crippen LogP contribution in [-0.2, 0) is 4.79 Å². The average molecular weight is 231 g/mol. The SMILES string of the molecule is CC(C)CC[C@@](O)(CC(=O)[O-])C[N+](C)(C)C. The molecule has 0 fully saturated rings. The molecule has 1 atom stereocenters. The van der Waals surface area contributed by atoms with Crippen molar-refractivity contribution >= 4 is 5.97 Å². The number of aliphatic carboxylic acids is 1. The molecule has 0 spiro atoms. The third kappa shape index (κ3) is 7.65. The highest BCUT2D eigenvalue weighted by Crippen LogP contribution is 2.22. The van der Waals surface area contributed by atoms with Crippen LogP contribution in [-0.4, -0.2) is 48.8 Å². The maximum Gasteiger partial charge on any atom is 0.119 e. The zero-order chi connectivity index (χ0) is 13.0. The molecule has 0 amide bonds. The highest BCUT2D eigenvalue weighted by Gasteiger charge is 2.33. The van der Waals surface area contributed by atoms with Crippen LogP contribution in [0.15, 0.2) is 0 Å². The maximum absolute atomic E-state index is 10.7. The Balaban J connectivity index is 4.54. The summed E-state index contributed by atoms with van der Waals surface area (Å²) in [6.07, 6.45) is 1.05. The number of carboxylic acids is 1. The monoisotopic (exact) mass is 231 g/mol. The Morgan fingerprint density at radius 3 is 2.19 bits per heavy atom. The fourth-order valence-electron chi connectivity index (χ4n) is 1.93. The Morgan fingerprint density at radius 2 is 1.88 bits per heavy atom. The first-order valence-corrected chi connectivity index (χ1v) is 5.77. The van der Waals surface area contributed by atoms with Crippen molar-refractivity contribution in [1.82, 2.24) is 0 Å². The summed E-state index contributed by atoms with van der Waals surface area (Å²) in [4.78, 5) is 10.7. The molecule has 96 valence electrons. The van der Waals surface area contributed by atoms with Crippen LogP contribution in [0.5, 0.6) is 0 Å². The number of aliphatic hydroxyl groups is 1. The third-order valence-corrected chi connectivity index (χ3v) is 2.43. The van der Waals surface area contributed by atoms with E-state index >= 15 is 0 Å². The van der Waals surface area contributed by atoms with E-state index in [1.165, 1.54) is 0 Å². The summed E-state index contributed by atoms with van der Waals surface area (Å²) in [5, 5.41) is 21.0. The standard InChI is InChI=1S/C12H25NO3/c1-10(2)6-7-12(16,8-11(14)15)9-13(3,4)5/h10,16H,6-9H2,1-5H3/t12-/m1/s1. The number of hydrogen-bond acceptors (Lipinski definition) is 3. The zero-order valence-corrected chi connectivity index (χ0v) is 11.1. The van der Waals surface area contributed by atoms with Gasteiger partial charge in [0.15, 0.2) is 0 Å². The topological polar surface area (TPSA) is 60.4 Å². The van der Waals surface area contributed by atoms with Gasteiger partial charge in [-0.05, 0) is 18.8 Å². The second-order valence-corrected chi connectivity index (χ2v) is 6.15. The Bertz CT molecular complexity index is 233. The number of carbonyl (C=O) groups excluding carboxylic acids is 1. The second kappa shape index (κ2) is 5.64. The van der Waals surface area contributed by atoms with Gasteiger partial charge in [-0.15, -0.1) is 0 Å². The number of rotatable bonds is 7. The van der Waals surface area contributed by atoms with Crippen LogP contribution < -0.4 is 5.11 Å². The van der Waals surface area contributed by atoms with Crippen molar-refractivity contribution in [2.45, 2.75) is 38.7 Å². The van der Waals surface area contributed by atoms with Crippen LogP contribution in [0.25, 0.3) is 0 Å². The van der Waals surface area contributed by atoms with E-state index in [0.717, 1.165) is 6.42 Å². The van der Waals surface area contributed by atoms with E-state index in [2.05, 4.69) is 13.8 Å². The summed E-state index contributed by atoms with van der Waals surface area (Å²) in [6, 6.07) is 0. The van der Waals surface area contributed by atoms with Gasteiger partial charge in [-0.25, -0.2) is 0 Å². The summed E-state index contributed by atoms with van der Waals surface area (Å²) in [5.74, 6) is -0.722. The average Bonchev–Trinajstić information content (AvgIpc) is 1.95. The van der Waals surface area contributed by atoms with Crippen molar-refractivity contribution in [2.24, 2.45) is 5.92 Å². The molecule has 0 unspecified atom stereocenters. The Morgan fingerprint density at radius 1 is 1.38 bits per heavy atom. The van der Waals surface area contributed by atoms with Crippen molar-refractivity contribution in [3.63, 3.8) is 0 Å². The number of carboxylic acid groups (broad SMARTS) is 1. The summed E-state index contributed by atoms with van der Waals surface area (Å²) in [7, 11) is 5.82. The van der Waals surface area contributed by atoms with Gasteiger partial charge in [0.1, 0.15) is 12.1 Å². The number of hydrogen-bond donors (Lipinski definition) is 1. The molecule has 0 aliphatic heterocycles. The molecule has 0 radical (unpaired) electrons. The van der Waals surface area contributed by atoms with Crippen LogP contribution in [0.4, 0.5) is 0 Å². The van der Waals surface area contributed by atoms with Gasteiger partial charge in [0.05, 0.1) is 21.1 Å². The molecule has 0 rings (SSSR count). The van der Waals surface area contributed by atoms with E-state index in [0.29, 0.717) is 23.4 Å². The minimum atomic E-state index is -1.18. The van der Waals surface area contributed by atoms with Gasteiger partial charge in [0.25, 0.3) is 0 Å². The summed E-state index contributed by atoms with van der Waals surface area (Å²) >= 11 is 0. The Kier molecular flexibility index (Phi) is 5.42. The number of nitrogens with zero attached hydrogens (tertiary/aromatic N) is 1. The molecule has 4 heteroatoms. The molecule has 0 bridgehead atoms. The van der Waals surface area contributed by atoms with E-state index in [9.17, 15) is 15.0 Å². The molecule has 0 aromatic rings. The fourth-order valence-corrected chi connectivity index (χ4v) is 1.93. The first kappa shape index (κ1) is 15.4. The molecule has 1 N–H and O–H groups in total. The predicted octanol–water partition coefficient (Wildman–Crippen LogP) is -0.0001000. The lowest BCUT2D eigenvalue weighted by molar-refractivity contribution is -0.877. The van der Waals surface area contributed by atoms with Gasteiger partial charge >= 0.3 is 0 Å². The first-order valence-electron chi connectivity index (χ1n) is 5.77. The van der Waals surface area contributed by atoms with Gasteiger partial charge in [0, 0.05) is 12.4 Å². The summed E-state index contributed by atoms with van der Waals surface area (Å²) < 4.78 is 0.544. The molecular weight excluding hydrogens is 206 g/mol. The maximum atomic E-state index is 10.7. The molecule has 0 aliphatic rings. The molecule has 4 nitrogen and oxygen atoms in total. The second-order valence-electron chi connectivity index (χ2n) is 6.15. The molecule has 0 saturated heterocycles. The molecule has 0 aromatic heterocycles. The van der Waals surface area contributed by atoms with E-state index in [1.54, 1.807) is 0 Å². The first-order chi connectivity index (χ1) is 7.04. The highest BCUT2D eigenvalue weighted by molar-refractivity contribution is 5.65. The van der Waals surface area contributed by atoms with Crippen molar-refractivity contribution < 1.29 is 19.5 Å². The van der Waals surface area contributed by atoms with Gasteiger partial charge in [-0.1, -0.05) is 13.8 Å². The smallest absolute Gasteiger partial charge is 0.119 e. The quantitative estimate of drug-likeness (QED) is 0.627. The van der Waals surface area contributed by atoms with Crippen molar-refractivity contribution in [2.75, 3.05) is 27.7 Å². The van der Waals surface area contributed by atoms with Gasteiger partial charge in [-0.2, -0.15) is 0 Å². The lowest BCUT2D eigenvalue weighted by Gasteiger charge is -2.36. The van der Waals surface area contributed by atoms with E-state index in [1.807, 2.05) is 21.1 Å². The molecule has 0 aliphatic carbocycles. The largest absolute Gasteiger partial charge is 0.550 e. The molecule has 0 heterocycles. The summed E-state index contributed by atoms with van der Waals surface area (Å²) in [6.45, 7) is 4.55. The molecule has 16 heavy (non-hydrogen) atoms. The number of likely N-dealkylation sites (N-methyl/N-ethyl adjacent to an activating group) is 1. The van der Waals surface area contributed by atoms with Gasteiger partial charge in [0.2, 0.25) is 0 Å². The van der Waals surface area contributed by atoms with Gasteiger partial charge in [-0.3, -0.25) is 0 Å². The minimum Gasteiger partial charge on any atom is -0.550 e. The molecular formula is C12H25NO3. The molecule has 0 aromatic carbocycles. The number of carbonyl (C=O) groups is 1. The normalized spacial score (nSPS) is 16.2. The van der Waals surface area contributed by atoms with Gasteiger partial charge < -0.3 is 19.5 Å². The molecule has 0 saturated carbocycles. The Hall–Kier alpha value is -0.610. The van der Waals surface area contributed by atoms with Crippen LogP contribution in [0.1, 0.15) is 33.1 Å². The van der Waals surface area contributed by atoms with E-state index < -0.39 is 11.6 Å². The van der Waals surface area contributed by atoms with Crippen LogP contribution in [0, 0.1) is 5.92 Å². The fraction of sp³-hybridized carbons (Fsp3) is 0.917. The minimum absolute atomic E-state index is 0.283. The highest BCUT2D eigenvalue weighted by atomic mass is 16.4. The van der Waals surface area contributed by atoms with Crippen LogP contribution in [0.3, 0.4) is 0 Å². The van der Waals surface area contributed by atoms with Crippen LogP contribution >= 0.6 is 0 Å². The third-order valence-electron chi connectivity index (χ3n) is 2.43. The number of quaternary nitrogens is 1. The van der Waals surface area contributed by atoms with Crippen molar-refractivity contribution in [3.8, 4) is 0 Å². The predicted molar refractivity (Wildman–Crippen MR) is 61.5 cm³/mol.